The maximum Gasteiger partial charge on any atom is 0.326 e. The third-order valence-electron chi connectivity index (χ3n) is 18.0. The van der Waals surface area contributed by atoms with Gasteiger partial charge in [-0.3, -0.25) is 43.2 Å². The molecule has 10 heterocycles. The summed E-state index contributed by atoms with van der Waals surface area (Å²) in [5.74, 6) is -8.86. The summed E-state index contributed by atoms with van der Waals surface area (Å²) in [4.78, 5) is 151. The number of likely N-dealkylation sites (tertiary alicyclic amines) is 9. The number of nitrogens with zero attached hydrogens (tertiary/aromatic N) is 9. The Morgan fingerprint density at radius 1 is 0.247 bits per heavy atom. The first-order chi connectivity index (χ1) is 38.3. The smallest absolute Gasteiger partial charge is 0.326 e. The largest absolute Gasteiger partial charge is 0.480 e. The molecule has 0 bridgehead atoms. The molecule has 10 saturated heterocycles. The van der Waals surface area contributed by atoms with Crippen molar-refractivity contribution in [3.8, 4) is 0 Å². The molecule has 0 aromatic carbocycles. The Balaban J connectivity index is 0.825. The average Bonchev–Trinajstić information content (AvgIpc) is 4.21. The molecule has 31 heteroatoms. The maximum absolute atomic E-state index is 14.8. The molecule has 9 amide bonds. The molecule has 10 aliphatic heterocycles. The van der Waals surface area contributed by atoms with Crippen molar-refractivity contribution < 1.29 is 104 Å². The van der Waals surface area contributed by atoms with Crippen LogP contribution in [0.4, 0.5) is 0 Å². The van der Waals surface area contributed by atoms with E-state index < -0.39 is 220 Å². The fourth-order valence-electron chi connectivity index (χ4n) is 14.3. The van der Waals surface area contributed by atoms with Gasteiger partial charge in [-0.1, -0.05) is 0 Å². The van der Waals surface area contributed by atoms with E-state index in [-0.39, 0.29) is 90.4 Å². The highest BCUT2D eigenvalue weighted by molar-refractivity contribution is 6.00. The molecule has 3 unspecified atom stereocenters. The molecule has 0 spiro atoms. The van der Waals surface area contributed by atoms with Gasteiger partial charge in [0, 0.05) is 123 Å². The fraction of sp³-hybridized carbons (Fsp3) is 0.800. The Hall–Kier alpha value is -5.74. The van der Waals surface area contributed by atoms with Gasteiger partial charge in [0.15, 0.2) is 0 Å². The number of β-amino-alcohol motifs (C(OH)–C–C–N with tert-alkyl or cyclic N) is 10. The Morgan fingerprint density at radius 2 is 0.420 bits per heavy atom. The number of hydrogen-bond acceptors (Lipinski definition) is 21. The maximum atomic E-state index is 14.8. The number of rotatable bonds is 10. The molecule has 0 aliphatic carbocycles. The summed E-state index contributed by atoms with van der Waals surface area (Å²) >= 11 is 0. The SMILES string of the molecule is O=C(O)[C@H]1C[C@H](O)CN1C(=O)[C@@H]1C[C@@H](O)CN1C(=O)C1C[C@H](O)CN1C(=O)[C@@H]1C[C@@H](O)CN1C(=O)[C@H]1CC(O)CN1C(=O)[C@@H]1C[C@@H](O)CN1C(=O)[C@H]1CC(O)CN1C(=O)[C@@H]1C[C@@H](O)CN1C(=O)[C@H]1C[C@H](O)CN1C(=O)[C@@H]1C[C@@H](O)CN1. The fourth-order valence-corrected chi connectivity index (χ4v) is 14.3. The van der Waals surface area contributed by atoms with Crippen LogP contribution in [0.3, 0.4) is 0 Å². The van der Waals surface area contributed by atoms with Crippen molar-refractivity contribution in [1.82, 2.24) is 49.4 Å². The van der Waals surface area contributed by atoms with Gasteiger partial charge >= 0.3 is 5.97 Å². The van der Waals surface area contributed by atoms with E-state index in [0.29, 0.717) is 0 Å². The molecule has 10 aliphatic rings. The van der Waals surface area contributed by atoms with E-state index in [9.17, 15) is 104 Å². The van der Waals surface area contributed by atoms with Crippen molar-refractivity contribution in [3.63, 3.8) is 0 Å². The first kappa shape index (κ1) is 58.5. The molecular weight excluding hydrogens is 1080 g/mol. The lowest BCUT2D eigenvalue weighted by atomic mass is 10.1. The Morgan fingerprint density at radius 3 is 0.593 bits per heavy atom. The zero-order valence-electron chi connectivity index (χ0n) is 44.2. The predicted octanol–water partition coefficient (Wildman–Crippen LogP) is -10.6. The lowest BCUT2D eigenvalue weighted by Gasteiger charge is -2.37. The van der Waals surface area contributed by atoms with Crippen LogP contribution in [-0.4, -0.2) is 346 Å². The van der Waals surface area contributed by atoms with Gasteiger partial charge in [0.2, 0.25) is 53.2 Å². The highest BCUT2D eigenvalue weighted by Crippen LogP contribution is 2.36. The van der Waals surface area contributed by atoms with Crippen LogP contribution < -0.4 is 5.32 Å². The average molecular weight is 1150 g/mol. The second-order valence-corrected chi connectivity index (χ2v) is 23.8. The van der Waals surface area contributed by atoms with Gasteiger partial charge < -0.3 is 106 Å². The first-order valence-electron chi connectivity index (χ1n) is 27.8. The number of aliphatic hydroxyl groups excluding tert-OH is 10. The second kappa shape index (κ2) is 22.8. The quantitative estimate of drug-likeness (QED) is 0.0966. The van der Waals surface area contributed by atoms with Crippen molar-refractivity contribution in [3.05, 3.63) is 0 Å². The summed E-state index contributed by atoms with van der Waals surface area (Å²) in [5, 5.41) is 120. The van der Waals surface area contributed by atoms with E-state index in [4.69, 9.17) is 0 Å². The molecular formula is C50H72N10O21. The van der Waals surface area contributed by atoms with Gasteiger partial charge in [0.05, 0.1) is 67.1 Å². The molecule has 0 radical (unpaired) electrons. The molecule has 0 aromatic rings. The van der Waals surface area contributed by atoms with Gasteiger partial charge in [-0.05, 0) is 6.42 Å². The zero-order chi connectivity index (χ0) is 58.4. The molecule has 81 heavy (non-hydrogen) atoms. The van der Waals surface area contributed by atoms with E-state index in [0.717, 1.165) is 39.2 Å². The van der Waals surface area contributed by atoms with Gasteiger partial charge in [-0.25, -0.2) is 4.79 Å². The monoisotopic (exact) mass is 1150 g/mol. The van der Waals surface area contributed by atoms with Crippen LogP contribution in [0, 0.1) is 0 Å². The van der Waals surface area contributed by atoms with Crippen LogP contribution in [-0.2, 0) is 47.9 Å². The second-order valence-electron chi connectivity index (χ2n) is 23.8. The molecule has 0 saturated carbocycles. The van der Waals surface area contributed by atoms with Crippen LogP contribution in [0.1, 0.15) is 64.2 Å². The van der Waals surface area contributed by atoms with Crippen LogP contribution >= 0.6 is 0 Å². The van der Waals surface area contributed by atoms with Crippen molar-refractivity contribution >= 4 is 59.1 Å². The Labute approximate surface area is 462 Å². The topological polar surface area (TPSA) is 434 Å². The number of carbonyl (C=O) groups excluding carboxylic acids is 9. The Kier molecular flexibility index (Phi) is 16.4. The highest BCUT2D eigenvalue weighted by atomic mass is 16.4. The van der Waals surface area contributed by atoms with Crippen LogP contribution in [0.5, 0.6) is 0 Å². The molecule has 20 atom stereocenters. The number of carboxylic acid groups (broad SMARTS) is 1. The van der Waals surface area contributed by atoms with E-state index in [2.05, 4.69) is 5.32 Å². The van der Waals surface area contributed by atoms with Crippen LogP contribution in [0.25, 0.3) is 0 Å². The van der Waals surface area contributed by atoms with Gasteiger partial charge in [0.25, 0.3) is 0 Å². The minimum Gasteiger partial charge on any atom is -0.480 e. The number of aliphatic hydroxyl groups is 10. The highest BCUT2D eigenvalue weighted by Gasteiger charge is 2.57. The minimum absolute atomic E-state index is 0.0735. The minimum atomic E-state index is -1.52. The Bertz CT molecular complexity index is 2550. The number of nitrogens with one attached hydrogen (secondary N) is 1. The molecule has 0 aromatic heterocycles. The number of amides is 9. The predicted molar refractivity (Wildman–Crippen MR) is 265 cm³/mol. The van der Waals surface area contributed by atoms with Crippen molar-refractivity contribution in [2.45, 2.75) is 186 Å². The van der Waals surface area contributed by atoms with E-state index in [1.165, 1.54) is 4.90 Å². The number of carboxylic acids is 1. The third kappa shape index (κ3) is 11.1. The zero-order valence-corrected chi connectivity index (χ0v) is 44.2. The molecule has 12 N–H and O–H groups in total. The summed E-state index contributed by atoms with van der Waals surface area (Å²) in [6.07, 6.45) is -14.8. The van der Waals surface area contributed by atoms with E-state index in [1.54, 1.807) is 0 Å². The molecule has 448 valence electrons. The molecule has 10 rings (SSSR count). The van der Waals surface area contributed by atoms with Gasteiger partial charge in [0.1, 0.15) is 54.4 Å². The van der Waals surface area contributed by atoms with Crippen LogP contribution in [0.2, 0.25) is 0 Å². The van der Waals surface area contributed by atoms with E-state index in [1.807, 2.05) is 0 Å². The van der Waals surface area contributed by atoms with Gasteiger partial charge in [-0.15, -0.1) is 0 Å². The number of aliphatic carboxylic acids is 1. The van der Waals surface area contributed by atoms with Crippen molar-refractivity contribution in [2.24, 2.45) is 0 Å². The first-order valence-corrected chi connectivity index (χ1v) is 27.8. The standard InChI is InChI=1S/C50H72N10O21/c61-21-1-31(51-11-21)41(71)52-12-22(62)2-32(52)42(72)53-13-23(63)3-33(53)43(73)54-14-24(64)4-34(54)44(74)55-15-25(65)5-35(55)45(75)56-16-26(66)6-36(56)46(76)57-17-27(67)7-37(57)47(77)58-18-28(68)8-38(58)48(78)59-19-29(69)9-39(59)49(79)60-20-30(70)10-40(60)50(80)81/h21-40,51,61-70H,1-20H2,(H,80,81)/t21-,22+,23-,24?,25-,26?,27-,28+,29-,30+,31+,32-,33+,34-,35+,36-,37+,38?,39+,40-/m1/s1. The summed E-state index contributed by atoms with van der Waals surface area (Å²) in [6.45, 7) is -3.35. The van der Waals surface area contributed by atoms with Crippen molar-refractivity contribution in [1.29, 1.82) is 0 Å². The van der Waals surface area contributed by atoms with Crippen molar-refractivity contribution in [2.75, 3.05) is 65.4 Å². The number of carbonyl (C=O) groups is 10. The molecule has 31 nitrogen and oxygen atoms in total. The normalized spacial score (nSPS) is 39.8. The summed E-state index contributed by atoms with van der Waals surface area (Å²) in [7, 11) is 0. The summed E-state index contributed by atoms with van der Waals surface area (Å²) in [6, 6.07) is -13.7. The third-order valence-corrected chi connectivity index (χ3v) is 18.0. The van der Waals surface area contributed by atoms with E-state index >= 15 is 0 Å². The summed E-state index contributed by atoms with van der Waals surface area (Å²) < 4.78 is 0. The lowest BCUT2D eigenvalue weighted by Crippen LogP contribution is -2.59. The lowest BCUT2D eigenvalue weighted by molar-refractivity contribution is -0.156. The molecule has 10 fully saturated rings. The number of hydrogen-bond donors (Lipinski definition) is 12. The van der Waals surface area contributed by atoms with Gasteiger partial charge in [-0.2, -0.15) is 0 Å². The van der Waals surface area contributed by atoms with Crippen LogP contribution in [0.15, 0.2) is 0 Å². The summed E-state index contributed by atoms with van der Waals surface area (Å²) in [5.41, 5.74) is 0.